The van der Waals surface area contributed by atoms with Crippen LogP contribution in [0.3, 0.4) is 0 Å². The molecule has 0 radical (unpaired) electrons. The van der Waals surface area contributed by atoms with E-state index in [0.717, 1.165) is 0 Å². The molecule has 2 rings (SSSR count). The van der Waals surface area contributed by atoms with Gasteiger partial charge >= 0.3 is 0 Å². The quantitative estimate of drug-likeness (QED) is 0.565. The zero-order valence-corrected chi connectivity index (χ0v) is 12.2. The van der Waals surface area contributed by atoms with Gasteiger partial charge in [-0.1, -0.05) is 11.6 Å². The fraction of sp³-hybridized carbons (Fsp3) is 0.0909. The summed E-state index contributed by atoms with van der Waals surface area (Å²) in [6, 6.07) is 1.81. The first-order valence-electron chi connectivity index (χ1n) is 4.90. The molecule has 0 atom stereocenters. The predicted octanol–water partition coefficient (Wildman–Crippen LogP) is 5.33. The van der Waals surface area contributed by atoms with Gasteiger partial charge in [0.05, 0.1) is 0 Å². The second-order valence-electron chi connectivity index (χ2n) is 3.53. The maximum Gasteiger partial charge on any atom is 0.185 e. The third-order valence-electron chi connectivity index (χ3n) is 2.25. The Kier molecular flexibility index (Phi) is 4.37. The maximum atomic E-state index is 13.4. The molecule has 1 N–H and O–H groups in total. The molecule has 0 aliphatic heterocycles. The number of benzene rings is 1. The number of rotatable bonds is 3. The largest absolute Gasteiger partial charge is 0.375 e. The summed E-state index contributed by atoms with van der Waals surface area (Å²) in [5.74, 6) is -5.82. The molecule has 2 aromatic rings. The van der Waals surface area contributed by atoms with Crippen molar-refractivity contribution in [2.45, 2.75) is 6.54 Å². The lowest BCUT2D eigenvalue weighted by atomic mass is 10.2. The lowest BCUT2D eigenvalue weighted by Crippen LogP contribution is -2.06. The summed E-state index contributed by atoms with van der Waals surface area (Å²) >= 11 is 10.2. The van der Waals surface area contributed by atoms with Crippen LogP contribution in [0, 0.1) is 23.3 Å². The molecule has 102 valence electrons. The highest BCUT2D eigenvalue weighted by Gasteiger charge is 2.19. The van der Waals surface area contributed by atoms with E-state index in [1.54, 1.807) is 6.07 Å². The molecule has 0 aliphatic carbocycles. The van der Waals surface area contributed by atoms with Crippen LogP contribution in [0.2, 0.25) is 4.34 Å². The first-order valence-corrected chi connectivity index (χ1v) is 6.89. The fourth-order valence-corrected chi connectivity index (χ4v) is 3.11. The monoisotopic (exact) mass is 373 g/mol. The highest BCUT2D eigenvalue weighted by molar-refractivity contribution is 9.10. The average molecular weight is 375 g/mol. The van der Waals surface area contributed by atoms with Crippen LogP contribution in [0.1, 0.15) is 4.88 Å². The summed E-state index contributed by atoms with van der Waals surface area (Å²) in [5, 5.41) is 2.32. The number of hydrogen-bond acceptors (Lipinski definition) is 2. The van der Waals surface area contributed by atoms with Gasteiger partial charge in [0.1, 0.15) is 10.0 Å². The molecular weight excluding hydrogens is 370 g/mol. The molecule has 8 heteroatoms. The Morgan fingerprint density at radius 3 is 2.16 bits per heavy atom. The third-order valence-corrected chi connectivity index (χ3v) is 4.72. The van der Waals surface area contributed by atoms with Crippen molar-refractivity contribution in [3.63, 3.8) is 0 Å². The zero-order valence-electron chi connectivity index (χ0n) is 9.04. The Bertz CT molecular complexity index is 586. The SMILES string of the molecule is Fc1cc(F)c(F)c(NCc2cc(Br)c(Cl)s2)c1F. The molecular formula is C11H5BrClF4NS. The van der Waals surface area contributed by atoms with Crippen LogP contribution in [0.25, 0.3) is 0 Å². The fourth-order valence-electron chi connectivity index (χ4n) is 1.38. The van der Waals surface area contributed by atoms with E-state index in [1.807, 2.05) is 0 Å². The lowest BCUT2D eigenvalue weighted by molar-refractivity contribution is 0.458. The van der Waals surface area contributed by atoms with Gasteiger partial charge in [0.15, 0.2) is 23.3 Å². The minimum atomic E-state index is -1.46. The molecule has 0 aliphatic rings. The maximum absolute atomic E-state index is 13.4. The van der Waals surface area contributed by atoms with Gasteiger partial charge in [-0.05, 0) is 22.0 Å². The molecule has 0 unspecified atom stereocenters. The summed E-state index contributed by atoms with van der Waals surface area (Å²) in [6.45, 7) is -0.00722. The summed E-state index contributed by atoms with van der Waals surface area (Å²) in [5.41, 5.74) is -0.835. The standard InChI is InChI=1S/C11H5BrClF4NS/c12-5-1-4(19-11(5)13)3-18-10-8(16)6(14)2-7(15)9(10)17/h1-2,18H,3H2. The number of anilines is 1. The van der Waals surface area contributed by atoms with E-state index >= 15 is 0 Å². The van der Waals surface area contributed by atoms with Gasteiger partial charge in [0.25, 0.3) is 0 Å². The van der Waals surface area contributed by atoms with Crippen LogP contribution in [0.4, 0.5) is 23.2 Å². The minimum absolute atomic E-state index is 0.00722. The predicted molar refractivity (Wildman–Crippen MR) is 70.6 cm³/mol. The van der Waals surface area contributed by atoms with Gasteiger partial charge in [-0.3, -0.25) is 0 Å². The van der Waals surface area contributed by atoms with Crippen LogP contribution < -0.4 is 5.32 Å². The molecule has 0 spiro atoms. The highest BCUT2D eigenvalue weighted by Crippen LogP contribution is 2.33. The van der Waals surface area contributed by atoms with Gasteiger partial charge < -0.3 is 5.32 Å². The van der Waals surface area contributed by atoms with Crippen LogP contribution in [0.15, 0.2) is 16.6 Å². The molecule has 0 fully saturated rings. The van der Waals surface area contributed by atoms with E-state index in [4.69, 9.17) is 11.6 Å². The number of nitrogens with one attached hydrogen (secondary N) is 1. The van der Waals surface area contributed by atoms with Crippen molar-refractivity contribution in [1.29, 1.82) is 0 Å². The second-order valence-corrected chi connectivity index (χ2v) is 6.12. The van der Waals surface area contributed by atoms with Crippen LogP contribution >= 0.6 is 38.9 Å². The Balaban J connectivity index is 2.24. The van der Waals surface area contributed by atoms with E-state index in [0.29, 0.717) is 13.7 Å². The van der Waals surface area contributed by atoms with Crippen molar-refractivity contribution in [3.8, 4) is 0 Å². The molecule has 1 aromatic carbocycles. The average Bonchev–Trinajstić information content (AvgIpc) is 2.66. The number of thiophene rings is 1. The zero-order chi connectivity index (χ0) is 14.2. The van der Waals surface area contributed by atoms with Gasteiger partial charge in [0.2, 0.25) is 0 Å². The third kappa shape index (κ3) is 3.04. The molecule has 0 saturated carbocycles. The summed E-state index contributed by atoms with van der Waals surface area (Å²) in [7, 11) is 0. The Labute approximate surface area is 123 Å². The van der Waals surface area contributed by atoms with E-state index < -0.39 is 29.0 Å². The van der Waals surface area contributed by atoms with E-state index in [-0.39, 0.29) is 12.6 Å². The normalized spacial score (nSPS) is 10.8. The Morgan fingerprint density at radius 2 is 1.68 bits per heavy atom. The molecule has 19 heavy (non-hydrogen) atoms. The smallest absolute Gasteiger partial charge is 0.185 e. The first kappa shape index (κ1) is 14.6. The van der Waals surface area contributed by atoms with E-state index in [1.165, 1.54) is 11.3 Å². The van der Waals surface area contributed by atoms with E-state index in [2.05, 4.69) is 21.2 Å². The van der Waals surface area contributed by atoms with E-state index in [9.17, 15) is 17.6 Å². The second kappa shape index (κ2) is 5.68. The molecule has 1 heterocycles. The first-order chi connectivity index (χ1) is 8.90. The molecule has 1 aromatic heterocycles. The Morgan fingerprint density at radius 1 is 1.11 bits per heavy atom. The molecule has 1 nitrogen and oxygen atoms in total. The number of halogens is 6. The van der Waals surface area contributed by atoms with Gasteiger partial charge in [-0.2, -0.15) is 0 Å². The van der Waals surface area contributed by atoms with Gasteiger partial charge in [0, 0.05) is 22.0 Å². The lowest BCUT2D eigenvalue weighted by Gasteiger charge is -2.08. The molecule has 0 amide bonds. The van der Waals surface area contributed by atoms with Crippen molar-refractivity contribution < 1.29 is 17.6 Å². The van der Waals surface area contributed by atoms with Crippen LogP contribution in [-0.4, -0.2) is 0 Å². The van der Waals surface area contributed by atoms with Crippen molar-refractivity contribution >= 4 is 44.6 Å². The minimum Gasteiger partial charge on any atom is -0.375 e. The topological polar surface area (TPSA) is 12.0 Å². The summed E-state index contributed by atoms with van der Waals surface area (Å²) in [6.07, 6.45) is 0. The van der Waals surface area contributed by atoms with Crippen LogP contribution in [0.5, 0.6) is 0 Å². The van der Waals surface area contributed by atoms with Crippen molar-refractivity contribution in [1.82, 2.24) is 0 Å². The summed E-state index contributed by atoms with van der Waals surface area (Å²) < 4.78 is 53.8. The molecule has 0 bridgehead atoms. The Hall–Kier alpha value is -0.790. The van der Waals surface area contributed by atoms with Crippen LogP contribution in [-0.2, 0) is 6.54 Å². The number of hydrogen-bond donors (Lipinski definition) is 1. The van der Waals surface area contributed by atoms with Gasteiger partial charge in [-0.15, -0.1) is 11.3 Å². The molecule has 0 saturated heterocycles. The highest BCUT2D eigenvalue weighted by atomic mass is 79.9. The van der Waals surface area contributed by atoms with Crippen molar-refractivity contribution in [3.05, 3.63) is 49.1 Å². The van der Waals surface area contributed by atoms with Gasteiger partial charge in [-0.25, -0.2) is 17.6 Å². The summed E-state index contributed by atoms with van der Waals surface area (Å²) in [4.78, 5) is 0.653. The van der Waals surface area contributed by atoms with Crippen molar-refractivity contribution in [2.75, 3.05) is 5.32 Å². The van der Waals surface area contributed by atoms with Crippen molar-refractivity contribution in [2.24, 2.45) is 0 Å².